The summed E-state index contributed by atoms with van der Waals surface area (Å²) in [5, 5.41) is 2.58. The summed E-state index contributed by atoms with van der Waals surface area (Å²) in [6, 6.07) is 11.4. The summed E-state index contributed by atoms with van der Waals surface area (Å²) < 4.78 is 15.3. The fourth-order valence-electron chi connectivity index (χ4n) is 3.03. The van der Waals surface area contributed by atoms with Crippen LogP contribution in [0, 0.1) is 0 Å². The summed E-state index contributed by atoms with van der Waals surface area (Å²) in [6.45, 7) is -0.484. The Morgan fingerprint density at radius 3 is 2.41 bits per heavy atom. The van der Waals surface area contributed by atoms with Gasteiger partial charge in [0, 0.05) is 18.3 Å². The maximum absolute atomic E-state index is 12.2. The number of ether oxygens (including phenoxy) is 3. The van der Waals surface area contributed by atoms with Gasteiger partial charge in [0.25, 0.3) is 17.7 Å². The van der Waals surface area contributed by atoms with Crippen LogP contribution in [0.25, 0.3) is 0 Å². The van der Waals surface area contributed by atoms with Crippen molar-refractivity contribution in [1.82, 2.24) is 4.90 Å². The molecule has 0 fully saturated rings. The zero-order valence-corrected chi connectivity index (χ0v) is 15.2. The Balaban J connectivity index is 1.24. The van der Waals surface area contributed by atoms with E-state index in [-0.39, 0.29) is 19.8 Å². The van der Waals surface area contributed by atoms with Crippen molar-refractivity contribution in [1.29, 1.82) is 0 Å². The molecule has 0 aromatic heterocycles. The van der Waals surface area contributed by atoms with Crippen molar-refractivity contribution in [3.63, 3.8) is 0 Å². The van der Waals surface area contributed by atoms with Gasteiger partial charge in [0.1, 0.15) is 0 Å². The molecule has 0 radical (unpaired) electrons. The van der Waals surface area contributed by atoms with E-state index in [0.717, 1.165) is 4.90 Å². The van der Waals surface area contributed by atoms with Gasteiger partial charge in [-0.2, -0.15) is 0 Å². The predicted molar refractivity (Wildman–Crippen MR) is 98.6 cm³/mol. The molecule has 2 aromatic rings. The fourth-order valence-corrected chi connectivity index (χ4v) is 3.03. The normalized spacial score (nSPS) is 14.0. The molecule has 0 atom stereocenters. The fraction of sp³-hybridized carbons (Fsp3) is 0.200. The maximum atomic E-state index is 12.2. The second kappa shape index (κ2) is 7.63. The number of imide groups is 1. The van der Waals surface area contributed by atoms with Crippen molar-refractivity contribution in [2.24, 2.45) is 0 Å². The molecule has 0 unspecified atom stereocenters. The summed E-state index contributed by atoms with van der Waals surface area (Å²) in [5.41, 5.74) is 1.10. The van der Waals surface area contributed by atoms with Crippen molar-refractivity contribution in [3.05, 3.63) is 53.6 Å². The van der Waals surface area contributed by atoms with Crippen LogP contribution in [0.1, 0.15) is 27.1 Å². The van der Waals surface area contributed by atoms with Gasteiger partial charge in [-0.3, -0.25) is 24.1 Å². The van der Waals surface area contributed by atoms with E-state index >= 15 is 0 Å². The number of amides is 3. The highest BCUT2D eigenvalue weighted by Crippen LogP contribution is 2.34. The number of hydrogen-bond donors (Lipinski definition) is 1. The maximum Gasteiger partial charge on any atom is 0.308 e. The van der Waals surface area contributed by atoms with Gasteiger partial charge in [-0.1, -0.05) is 12.1 Å². The topological polar surface area (TPSA) is 111 Å². The SMILES string of the molecule is O=C(COC(=O)CCN1C(=O)c2ccccc2C1=O)Nc1ccc2c(c1)OCO2. The van der Waals surface area contributed by atoms with Gasteiger partial charge in [-0.15, -0.1) is 0 Å². The van der Waals surface area contributed by atoms with Gasteiger partial charge in [0.15, 0.2) is 18.1 Å². The summed E-state index contributed by atoms with van der Waals surface area (Å²) in [6.07, 6.45) is -0.206. The first kappa shape index (κ1) is 18.5. The number of nitrogens with one attached hydrogen (secondary N) is 1. The summed E-state index contributed by atoms with van der Waals surface area (Å²) in [5.74, 6) is -1.01. The van der Waals surface area contributed by atoms with Crippen molar-refractivity contribution in [2.75, 3.05) is 25.3 Å². The molecule has 0 aliphatic carbocycles. The van der Waals surface area contributed by atoms with Crippen LogP contribution in [0.2, 0.25) is 0 Å². The van der Waals surface area contributed by atoms with Crippen molar-refractivity contribution in [2.45, 2.75) is 6.42 Å². The van der Waals surface area contributed by atoms with E-state index in [9.17, 15) is 19.2 Å². The Morgan fingerprint density at radius 1 is 1.00 bits per heavy atom. The standard InChI is InChI=1S/C20H16N2O7/c23-17(21-12-5-6-15-16(9-12)29-11-28-15)10-27-18(24)7-8-22-19(25)13-3-1-2-4-14(13)20(22)26/h1-6,9H,7-8,10-11H2,(H,21,23). The number of anilines is 1. The van der Waals surface area contributed by atoms with E-state index in [1.807, 2.05) is 0 Å². The van der Waals surface area contributed by atoms with E-state index in [0.29, 0.717) is 28.3 Å². The zero-order chi connectivity index (χ0) is 20.4. The lowest BCUT2D eigenvalue weighted by atomic mass is 10.1. The van der Waals surface area contributed by atoms with Crippen LogP contribution in [0.15, 0.2) is 42.5 Å². The first-order chi connectivity index (χ1) is 14.0. The molecule has 9 heteroatoms. The highest BCUT2D eigenvalue weighted by molar-refractivity contribution is 6.21. The van der Waals surface area contributed by atoms with Crippen LogP contribution in [-0.4, -0.2) is 48.5 Å². The van der Waals surface area contributed by atoms with E-state index in [4.69, 9.17) is 14.2 Å². The van der Waals surface area contributed by atoms with Crippen LogP contribution < -0.4 is 14.8 Å². The molecule has 2 heterocycles. The van der Waals surface area contributed by atoms with Crippen LogP contribution in [0.3, 0.4) is 0 Å². The quantitative estimate of drug-likeness (QED) is 0.583. The Bertz CT molecular complexity index is 983. The molecule has 0 spiro atoms. The lowest BCUT2D eigenvalue weighted by Crippen LogP contribution is -2.32. The molecule has 1 N–H and O–H groups in total. The molecular formula is C20H16N2O7. The Kier molecular flexibility index (Phi) is 4.86. The second-order valence-electron chi connectivity index (χ2n) is 6.33. The highest BCUT2D eigenvalue weighted by Gasteiger charge is 2.35. The molecule has 2 aliphatic heterocycles. The molecule has 148 valence electrons. The molecule has 9 nitrogen and oxygen atoms in total. The molecule has 4 rings (SSSR count). The average Bonchev–Trinajstić information content (AvgIpc) is 3.28. The van der Waals surface area contributed by atoms with E-state index in [1.165, 1.54) is 0 Å². The smallest absolute Gasteiger partial charge is 0.308 e. The number of carbonyl (C=O) groups excluding carboxylic acids is 4. The lowest BCUT2D eigenvalue weighted by Gasteiger charge is -2.13. The Hall–Kier alpha value is -3.88. The molecule has 3 amide bonds. The van der Waals surface area contributed by atoms with Crippen LogP contribution in [0.4, 0.5) is 5.69 Å². The first-order valence-corrected chi connectivity index (χ1v) is 8.83. The monoisotopic (exact) mass is 396 g/mol. The summed E-state index contributed by atoms with van der Waals surface area (Å²) >= 11 is 0. The molecule has 29 heavy (non-hydrogen) atoms. The van der Waals surface area contributed by atoms with Crippen LogP contribution in [-0.2, 0) is 14.3 Å². The summed E-state index contributed by atoms with van der Waals surface area (Å²) in [4.78, 5) is 49.3. The minimum Gasteiger partial charge on any atom is -0.456 e. The number of benzene rings is 2. The third-order valence-corrected chi connectivity index (χ3v) is 4.44. The number of carbonyl (C=O) groups is 4. The minimum absolute atomic E-state index is 0.116. The Labute approximate surface area is 165 Å². The van der Waals surface area contributed by atoms with Crippen molar-refractivity contribution < 1.29 is 33.4 Å². The van der Waals surface area contributed by atoms with E-state index in [2.05, 4.69) is 5.32 Å². The number of nitrogens with zero attached hydrogens (tertiary/aromatic N) is 1. The van der Waals surface area contributed by atoms with Gasteiger partial charge in [0.05, 0.1) is 17.5 Å². The van der Waals surface area contributed by atoms with Crippen LogP contribution in [0.5, 0.6) is 11.5 Å². The predicted octanol–water partition coefficient (Wildman–Crippen LogP) is 1.58. The van der Waals surface area contributed by atoms with E-state index in [1.54, 1.807) is 42.5 Å². The molecule has 0 saturated carbocycles. The molecule has 0 saturated heterocycles. The van der Waals surface area contributed by atoms with Gasteiger partial charge in [0.2, 0.25) is 6.79 Å². The number of rotatable bonds is 6. The molecular weight excluding hydrogens is 380 g/mol. The second-order valence-corrected chi connectivity index (χ2v) is 6.33. The van der Waals surface area contributed by atoms with Gasteiger partial charge >= 0.3 is 5.97 Å². The van der Waals surface area contributed by atoms with E-state index < -0.39 is 30.3 Å². The molecule has 2 aliphatic rings. The van der Waals surface area contributed by atoms with Crippen molar-refractivity contribution in [3.8, 4) is 11.5 Å². The molecule has 0 bridgehead atoms. The van der Waals surface area contributed by atoms with Crippen molar-refractivity contribution >= 4 is 29.4 Å². The van der Waals surface area contributed by atoms with Gasteiger partial charge < -0.3 is 19.5 Å². The number of hydrogen-bond acceptors (Lipinski definition) is 7. The van der Waals surface area contributed by atoms with Gasteiger partial charge in [-0.25, -0.2) is 0 Å². The van der Waals surface area contributed by atoms with Crippen LogP contribution >= 0.6 is 0 Å². The largest absolute Gasteiger partial charge is 0.456 e. The minimum atomic E-state index is -0.692. The third kappa shape index (κ3) is 3.75. The average molecular weight is 396 g/mol. The Morgan fingerprint density at radius 2 is 1.69 bits per heavy atom. The first-order valence-electron chi connectivity index (χ1n) is 8.83. The summed E-state index contributed by atoms with van der Waals surface area (Å²) in [7, 11) is 0. The lowest BCUT2D eigenvalue weighted by molar-refractivity contribution is -0.147. The third-order valence-electron chi connectivity index (χ3n) is 4.44. The zero-order valence-electron chi connectivity index (χ0n) is 15.2. The van der Waals surface area contributed by atoms with Gasteiger partial charge in [-0.05, 0) is 24.3 Å². The molecule has 2 aromatic carbocycles. The number of fused-ring (bicyclic) bond motifs is 2. The number of esters is 1. The highest BCUT2D eigenvalue weighted by atomic mass is 16.7.